The molecule has 0 radical (unpaired) electrons. The Morgan fingerprint density at radius 3 is 2.50 bits per heavy atom. The van der Waals surface area contributed by atoms with Gasteiger partial charge in [0.1, 0.15) is 23.7 Å². The quantitative estimate of drug-likeness (QED) is 0.398. The van der Waals surface area contributed by atoms with E-state index >= 15 is 0 Å². The highest BCUT2D eigenvalue weighted by molar-refractivity contribution is 6.34. The van der Waals surface area contributed by atoms with Gasteiger partial charge in [-0.3, -0.25) is 19.2 Å². The van der Waals surface area contributed by atoms with Crippen LogP contribution in [0.1, 0.15) is 37.0 Å². The second kappa shape index (κ2) is 12.7. The van der Waals surface area contributed by atoms with Crippen molar-refractivity contribution in [2.75, 3.05) is 31.6 Å². The van der Waals surface area contributed by atoms with E-state index in [4.69, 9.17) is 21.1 Å². The Hall–Kier alpha value is -3.99. The maximum atomic E-state index is 14.8. The number of rotatable bonds is 4. The van der Waals surface area contributed by atoms with Crippen molar-refractivity contribution in [3.63, 3.8) is 0 Å². The van der Waals surface area contributed by atoms with E-state index in [1.807, 2.05) is 62.4 Å². The van der Waals surface area contributed by atoms with E-state index in [0.29, 0.717) is 22.7 Å². The normalized spacial score (nSPS) is 32.2. The van der Waals surface area contributed by atoms with Gasteiger partial charge >= 0.3 is 5.97 Å². The van der Waals surface area contributed by atoms with Crippen molar-refractivity contribution in [3.8, 4) is 0 Å². The lowest BCUT2D eigenvalue weighted by atomic mass is 9.74. The fourth-order valence-electron chi connectivity index (χ4n) is 7.37. The molecule has 3 amide bonds. The number of likely N-dealkylation sites (N-methyl/N-ethyl adjacent to an activating group) is 1. The number of allylic oxidation sites excluding steroid dienone is 1. The predicted molar refractivity (Wildman–Crippen MR) is 171 cm³/mol. The molecule has 4 heterocycles. The summed E-state index contributed by atoms with van der Waals surface area (Å²) in [7, 11) is 1.69. The van der Waals surface area contributed by atoms with Gasteiger partial charge in [0.05, 0.1) is 35.4 Å². The summed E-state index contributed by atoms with van der Waals surface area (Å²) in [5.74, 6) is -3.81. The van der Waals surface area contributed by atoms with Crippen LogP contribution in [0.4, 0.5) is 5.69 Å². The fourth-order valence-corrected chi connectivity index (χ4v) is 7.70. The van der Waals surface area contributed by atoms with E-state index in [9.17, 15) is 24.3 Å². The summed E-state index contributed by atoms with van der Waals surface area (Å²) in [6, 6.07) is 12.8. The molecule has 1 N–H and O–H groups in total. The average Bonchev–Trinajstić information content (AvgIpc) is 3.69. The van der Waals surface area contributed by atoms with Gasteiger partial charge < -0.3 is 29.3 Å². The van der Waals surface area contributed by atoms with Crippen LogP contribution in [0.15, 0.2) is 72.8 Å². The topological polar surface area (TPSA) is 117 Å². The van der Waals surface area contributed by atoms with Gasteiger partial charge in [-0.1, -0.05) is 78.4 Å². The molecule has 0 aliphatic carbocycles. The summed E-state index contributed by atoms with van der Waals surface area (Å²) in [5.41, 5.74) is 0.478. The molecule has 0 unspecified atom stereocenters. The zero-order chi connectivity index (χ0) is 32.7. The summed E-state index contributed by atoms with van der Waals surface area (Å²) in [4.78, 5) is 60.9. The SMILES string of the molecule is Cc1cccc(Cl)c1N1C/C=C\CCC(=O)N(C)[C@@H](C)[C@H](c2ccccc2)OC(=O)[C@@H]2[C@H]3C(=O)N(CCO)[C@H](C1=O)[C@]31C=C[C@H]2O1. The van der Waals surface area contributed by atoms with Gasteiger partial charge in [0.15, 0.2) is 0 Å². The van der Waals surface area contributed by atoms with Crippen LogP contribution in [0, 0.1) is 18.8 Å². The van der Waals surface area contributed by atoms with Gasteiger partial charge in [0, 0.05) is 26.6 Å². The van der Waals surface area contributed by atoms with E-state index in [2.05, 4.69) is 0 Å². The standard InChI is InChI=1S/C35H38ClN3O7/c1-21-11-10-14-24(36)29(21)38-18-9-5-8-15-26(41)37(3)22(2)30(23-12-6-4-7-13-23)45-34(44)27-25-16-17-35(46-25)28(27)32(42)39(19-20-40)31(35)33(38)43/h4-7,9-14,16-17,22,25,27-28,30-31,40H,8,15,18-20H2,1-3H3/b9-5-/t22-,25+,27-,28-,30+,31+,35-/m0/s1. The molecule has 2 saturated heterocycles. The summed E-state index contributed by atoms with van der Waals surface area (Å²) < 4.78 is 12.7. The minimum absolute atomic E-state index is 0.108. The van der Waals surface area contributed by atoms with Crippen molar-refractivity contribution in [2.24, 2.45) is 11.8 Å². The van der Waals surface area contributed by atoms with Crippen molar-refractivity contribution in [1.82, 2.24) is 9.80 Å². The molecule has 2 aromatic rings. The smallest absolute Gasteiger partial charge is 0.313 e. The Bertz CT molecular complexity index is 1580. The molecule has 2 fully saturated rings. The number of carbonyl (C=O) groups is 4. The number of benzene rings is 2. The first-order valence-electron chi connectivity index (χ1n) is 15.6. The number of para-hydroxylation sites is 1. The summed E-state index contributed by atoms with van der Waals surface area (Å²) in [6.07, 6.45) is 6.08. The molecule has 6 rings (SSSR count). The Kier molecular flexibility index (Phi) is 8.80. The number of hydrogen-bond donors (Lipinski definition) is 1. The van der Waals surface area contributed by atoms with Gasteiger partial charge in [0.25, 0.3) is 5.91 Å². The molecule has 242 valence electrons. The van der Waals surface area contributed by atoms with Crippen molar-refractivity contribution < 1.29 is 33.8 Å². The van der Waals surface area contributed by atoms with Crippen molar-refractivity contribution >= 4 is 41.0 Å². The van der Waals surface area contributed by atoms with Crippen LogP contribution in [0.2, 0.25) is 5.02 Å². The molecule has 0 saturated carbocycles. The highest BCUT2D eigenvalue weighted by Crippen LogP contribution is 2.56. The number of ether oxygens (including phenoxy) is 2. The highest BCUT2D eigenvalue weighted by Gasteiger charge is 2.73. The Balaban J connectivity index is 1.47. The minimum Gasteiger partial charge on any atom is -0.455 e. The summed E-state index contributed by atoms with van der Waals surface area (Å²) in [6.45, 7) is 3.26. The van der Waals surface area contributed by atoms with Gasteiger partial charge in [-0.05, 0) is 37.5 Å². The molecular weight excluding hydrogens is 610 g/mol. The van der Waals surface area contributed by atoms with Crippen LogP contribution < -0.4 is 4.90 Å². The average molecular weight is 648 g/mol. The number of amides is 3. The van der Waals surface area contributed by atoms with E-state index in [-0.39, 0.29) is 32.0 Å². The number of cyclic esters (lactones) is 1. The van der Waals surface area contributed by atoms with Gasteiger partial charge in [-0.25, -0.2) is 0 Å². The summed E-state index contributed by atoms with van der Waals surface area (Å²) in [5, 5.41) is 10.4. The first-order valence-corrected chi connectivity index (χ1v) is 16.0. The monoisotopic (exact) mass is 647 g/mol. The number of aliphatic hydroxyl groups excluding tert-OH is 1. The molecule has 4 aliphatic rings. The van der Waals surface area contributed by atoms with Crippen LogP contribution >= 0.6 is 11.6 Å². The predicted octanol–water partition coefficient (Wildman–Crippen LogP) is 3.61. The highest BCUT2D eigenvalue weighted by atomic mass is 35.5. The number of likely N-dealkylation sites (tertiary alicyclic amines) is 1. The Labute approximate surface area is 273 Å². The lowest BCUT2D eigenvalue weighted by molar-refractivity contribution is -0.164. The fraction of sp³-hybridized carbons (Fsp3) is 0.429. The molecule has 5 bridgehead atoms. The maximum absolute atomic E-state index is 14.8. The number of β-amino-alcohol motifs (C(OH)–C–C–N with tert-alkyl or cyclic N) is 1. The third kappa shape index (κ3) is 5.22. The van der Waals surface area contributed by atoms with Crippen molar-refractivity contribution in [1.29, 1.82) is 0 Å². The largest absolute Gasteiger partial charge is 0.455 e. The second-order valence-corrected chi connectivity index (χ2v) is 12.7. The summed E-state index contributed by atoms with van der Waals surface area (Å²) >= 11 is 6.68. The van der Waals surface area contributed by atoms with Crippen molar-refractivity contribution in [2.45, 2.75) is 56.6 Å². The van der Waals surface area contributed by atoms with Crippen LogP contribution in [0.3, 0.4) is 0 Å². The molecule has 7 atom stereocenters. The lowest BCUT2D eigenvalue weighted by Gasteiger charge is -2.36. The van der Waals surface area contributed by atoms with Crippen LogP contribution in [-0.4, -0.2) is 89.1 Å². The number of nitrogens with zero attached hydrogens (tertiary/aromatic N) is 3. The maximum Gasteiger partial charge on any atom is 0.313 e. The lowest BCUT2D eigenvalue weighted by Crippen LogP contribution is -2.56. The Morgan fingerprint density at radius 2 is 1.78 bits per heavy atom. The Morgan fingerprint density at radius 1 is 1.02 bits per heavy atom. The molecule has 2 aromatic carbocycles. The second-order valence-electron chi connectivity index (χ2n) is 12.3. The third-order valence-corrected chi connectivity index (χ3v) is 10.0. The number of halogens is 1. The van der Waals surface area contributed by atoms with E-state index in [0.717, 1.165) is 5.56 Å². The molecule has 46 heavy (non-hydrogen) atoms. The van der Waals surface area contributed by atoms with Crippen LogP contribution in [-0.2, 0) is 28.7 Å². The molecule has 0 aromatic heterocycles. The van der Waals surface area contributed by atoms with Gasteiger partial charge in [0.2, 0.25) is 11.8 Å². The minimum atomic E-state index is -1.45. The number of aliphatic hydroxyl groups is 1. The van der Waals surface area contributed by atoms with E-state index in [1.54, 1.807) is 36.2 Å². The molecule has 11 heteroatoms. The number of fused-ring (bicyclic) bond motifs is 2. The third-order valence-electron chi connectivity index (χ3n) is 9.74. The first kappa shape index (κ1) is 32.0. The number of hydrogen-bond acceptors (Lipinski definition) is 7. The van der Waals surface area contributed by atoms with Crippen molar-refractivity contribution in [3.05, 3.63) is 89.0 Å². The number of anilines is 1. The number of esters is 1. The molecular formula is C35H38ClN3O7. The molecule has 1 spiro atoms. The zero-order valence-corrected chi connectivity index (χ0v) is 26.8. The van der Waals surface area contributed by atoms with Crippen LogP contribution in [0.25, 0.3) is 0 Å². The van der Waals surface area contributed by atoms with E-state index < -0.39 is 59.5 Å². The zero-order valence-electron chi connectivity index (χ0n) is 26.0. The molecule has 4 aliphatic heterocycles. The number of aryl methyl sites for hydroxylation is 1. The van der Waals surface area contributed by atoms with Gasteiger partial charge in [-0.15, -0.1) is 0 Å². The van der Waals surface area contributed by atoms with E-state index in [1.165, 1.54) is 9.80 Å². The molecule has 10 nitrogen and oxygen atoms in total. The van der Waals surface area contributed by atoms with Crippen LogP contribution in [0.5, 0.6) is 0 Å². The van der Waals surface area contributed by atoms with Gasteiger partial charge in [-0.2, -0.15) is 0 Å². The first-order chi connectivity index (χ1) is 22.1. The number of carbonyl (C=O) groups excluding carboxylic acids is 4.